The highest BCUT2D eigenvalue weighted by molar-refractivity contribution is 5.92. The summed E-state index contributed by atoms with van der Waals surface area (Å²) in [6.07, 6.45) is 12.9. The van der Waals surface area contributed by atoms with Crippen molar-refractivity contribution in [2.24, 2.45) is 5.73 Å². The molecule has 1 fully saturated rings. The van der Waals surface area contributed by atoms with Gasteiger partial charge in [-0.15, -0.1) is 0 Å². The Morgan fingerprint density at radius 3 is 2.52 bits per heavy atom. The lowest BCUT2D eigenvalue weighted by Crippen LogP contribution is -2.47. The van der Waals surface area contributed by atoms with Gasteiger partial charge in [0, 0.05) is 38.0 Å². The number of amides is 3. The number of ether oxygens (including phenoxy) is 1. The fraction of sp³-hybridized carbons (Fsp3) is 0.371. The van der Waals surface area contributed by atoms with Crippen molar-refractivity contribution in [1.82, 2.24) is 15.1 Å². The molecule has 3 amide bonds. The van der Waals surface area contributed by atoms with E-state index in [1.54, 1.807) is 4.90 Å². The number of rotatable bonds is 9. The molecule has 0 unspecified atom stereocenters. The first-order valence-corrected chi connectivity index (χ1v) is 15.1. The maximum Gasteiger partial charge on any atom is 0.314 e. The fourth-order valence-electron chi connectivity index (χ4n) is 4.99. The van der Waals surface area contributed by atoms with Crippen LogP contribution in [0.15, 0.2) is 96.9 Å². The van der Waals surface area contributed by atoms with Crippen LogP contribution in [0.1, 0.15) is 50.2 Å². The van der Waals surface area contributed by atoms with Gasteiger partial charge in [-0.3, -0.25) is 4.79 Å². The molecule has 4 rings (SSSR count). The van der Waals surface area contributed by atoms with Crippen molar-refractivity contribution < 1.29 is 19.4 Å². The number of carbonyl (C=O) groups excluding carboxylic acids is 2. The van der Waals surface area contributed by atoms with E-state index >= 15 is 0 Å². The van der Waals surface area contributed by atoms with Gasteiger partial charge in [-0.05, 0) is 81.6 Å². The summed E-state index contributed by atoms with van der Waals surface area (Å²) < 4.78 is 5.67. The highest BCUT2D eigenvalue weighted by Gasteiger charge is 2.34. The largest absolute Gasteiger partial charge is 0.492 e. The van der Waals surface area contributed by atoms with Crippen molar-refractivity contribution in [1.29, 1.82) is 0 Å². The summed E-state index contributed by atoms with van der Waals surface area (Å²) in [4.78, 5) is 27.2. The molecule has 0 radical (unpaired) electrons. The van der Waals surface area contributed by atoms with Gasteiger partial charge >= 0.3 is 6.03 Å². The molecule has 2 aromatic rings. The number of hydrogen-bond acceptors (Lipinski definition) is 6. The molecule has 44 heavy (non-hydrogen) atoms. The second kappa shape index (κ2) is 17.1. The number of benzene rings is 2. The van der Waals surface area contributed by atoms with Gasteiger partial charge in [-0.1, -0.05) is 61.2 Å². The van der Waals surface area contributed by atoms with Crippen LogP contribution in [0.4, 0.5) is 10.5 Å². The van der Waals surface area contributed by atoms with E-state index in [2.05, 4.69) is 28.2 Å². The maximum atomic E-state index is 12.6. The minimum atomic E-state index is -0.812. The Morgan fingerprint density at radius 2 is 1.86 bits per heavy atom. The van der Waals surface area contributed by atoms with Gasteiger partial charge in [-0.2, -0.15) is 0 Å². The summed E-state index contributed by atoms with van der Waals surface area (Å²) in [6, 6.07) is 15.1. The molecule has 5 N–H and O–H groups in total. The number of nitrogens with zero attached hydrogens (tertiary/aromatic N) is 2. The highest BCUT2D eigenvalue weighted by atomic mass is 16.5. The van der Waals surface area contributed by atoms with Crippen LogP contribution in [0, 0.1) is 0 Å². The predicted molar refractivity (Wildman–Crippen MR) is 177 cm³/mol. The topological polar surface area (TPSA) is 120 Å². The average Bonchev–Trinajstić information content (AvgIpc) is 3.10. The van der Waals surface area contributed by atoms with Crippen LogP contribution in [0.3, 0.4) is 0 Å². The molecule has 0 aliphatic carbocycles. The molecule has 0 atom stereocenters. The number of primary amides is 1. The van der Waals surface area contributed by atoms with E-state index in [1.807, 2.05) is 94.0 Å². The summed E-state index contributed by atoms with van der Waals surface area (Å²) in [7, 11) is 4.04. The van der Waals surface area contributed by atoms with Crippen LogP contribution in [0.2, 0.25) is 0 Å². The van der Waals surface area contributed by atoms with Crippen LogP contribution >= 0.6 is 0 Å². The molecule has 9 heteroatoms. The minimum Gasteiger partial charge on any atom is -0.492 e. The van der Waals surface area contributed by atoms with Crippen LogP contribution in [0.5, 0.6) is 5.75 Å². The van der Waals surface area contributed by atoms with Crippen LogP contribution in [-0.4, -0.2) is 60.6 Å². The molecule has 1 saturated heterocycles. The van der Waals surface area contributed by atoms with Crippen molar-refractivity contribution in [3.63, 3.8) is 0 Å². The first kappa shape index (κ1) is 34.2. The van der Waals surface area contributed by atoms with Gasteiger partial charge in [0.25, 0.3) is 0 Å². The average molecular weight is 602 g/mol. The van der Waals surface area contributed by atoms with Gasteiger partial charge in [0.2, 0.25) is 5.91 Å². The molecule has 2 heterocycles. The molecule has 0 aromatic heterocycles. The summed E-state index contributed by atoms with van der Waals surface area (Å²) in [5.41, 5.74) is 9.14. The second-order valence-electron chi connectivity index (χ2n) is 11.2. The Labute approximate surface area is 261 Å². The molecule has 0 saturated carbocycles. The third kappa shape index (κ3) is 11.1. The zero-order valence-corrected chi connectivity index (χ0v) is 26.2. The van der Waals surface area contributed by atoms with Crippen LogP contribution < -0.4 is 21.1 Å². The summed E-state index contributed by atoms with van der Waals surface area (Å²) >= 11 is 0. The number of nitrogens with two attached hydrogens (primary N) is 1. The number of likely N-dealkylation sites (tertiary alicyclic amines) is 1. The van der Waals surface area contributed by atoms with Crippen LogP contribution in [-0.2, 0) is 16.9 Å². The van der Waals surface area contributed by atoms with Gasteiger partial charge in [0.15, 0.2) is 0 Å². The zero-order valence-electron chi connectivity index (χ0n) is 26.2. The third-order valence-electron chi connectivity index (χ3n) is 7.39. The quantitative estimate of drug-likeness (QED) is 0.305. The molecular weight excluding hydrogens is 554 g/mol. The van der Waals surface area contributed by atoms with Crippen molar-refractivity contribution in [3.8, 4) is 5.75 Å². The third-order valence-corrected chi connectivity index (χ3v) is 7.39. The number of piperidine rings is 1. The predicted octanol–water partition coefficient (Wildman–Crippen LogP) is 5.42. The smallest absolute Gasteiger partial charge is 0.314 e. The number of aliphatic hydroxyl groups is 1. The van der Waals surface area contributed by atoms with Gasteiger partial charge in [0.05, 0.1) is 17.9 Å². The number of anilines is 1. The molecule has 0 spiro atoms. The van der Waals surface area contributed by atoms with Crippen molar-refractivity contribution in [2.45, 2.75) is 51.2 Å². The molecule has 0 bridgehead atoms. The lowest BCUT2D eigenvalue weighted by Gasteiger charge is -2.37. The van der Waals surface area contributed by atoms with Gasteiger partial charge < -0.3 is 36.0 Å². The molecule has 2 aliphatic rings. The van der Waals surface area contributed by atoms with E-state index < -0.39 is 11.6 Å². The van der Waals surface area contributed by atoms with Gasteiger partial charge in [-0.25, -0.2) is 4.79 Å². The Kier molecular flexibility index (Phi) is 13.3. The lowest BCUT2D eigenvalue weighted by molar-refractivity contribution is -0.116. The second-order valence-corrected chi connectivity index (χ2v) is 11.2. The highest BCUT2D eigenvalue weighted by Crippen LogP contribution is 2.32. The van der Waals surface area contributed by atoms with E-state index in [9.17, 15) is 14.7 Å². The first-order valence-electron chi connectivity index (χ1n) is 15.1. The Morgan fingerprint density at radius 1 is 1.14 bits per heavy atom. The van der Waals surface area contributed by atoms with Crippen LogP contribution in [0.25, 0.3) is 0 Å². The molecule has 236 valence electrons. The van der Waals surface area contributed by atoms with E-state index in [0.717, 1.165) is 41.1 Å². The molecule has 9 nitrogen and oxygen atoms in total. The molecule has 2 aromatic carbocycles. The maximum absolute atomic E-state index is 12.6. The van der Waals surface area contributed by atoms with Crippen molar-refractivity contribution >= 4 is 17.6 Å². The Balaban J connectivity index is 0.000000278. The minimum absolute atomic E-state index is 0.0235. The number of carbonyl (C=O) groups is 2. The van der Waals surface area contributed by atoms with Crippen molar-refractivity contribution in [3.05, 3.63) is 108 Å². The monoisotopic (exact) mass is 601 g/mol. The van der Waals surface area contributed by atoms with E-state index in [4.69, 9.17) is 10.5 Å². The Bertz CT molecular complexity index is 1340. The summed E-state index contributed by atoms with van der Waals surface area (Å²) in [6.45, 7) is 8.25. The van der Waals surface area contributed by atoms with Crippen molar-refractivity contribution in [2.75, 3.05) is 39.1 Å². The number of allylic oxidation sites excluding steroid dienone is 5. The Hall–Kier alpha value is -4.34. The normalized spacial score (nSPS) is 18.6. The molecular formula is C35H47N5O4. The summed E-state index contributed by atoms with van der Waals surface area (Å²) in [5.74, 6) is 0.677. The van der Waals surface area contributed by atoms with Gasteiger partial charge in [0.1, 0.15) is 5.75 Å². The zero-order chi connectivity index (χ0) is 32.0. The SMILES string of the molecule is C=C1/C=C\C=C/C/C(CCC(=O)Nc2cc(CN(C)C)ccc2OCC)=C\N1.NC(=O)N1CCC(O)(c2ccccc2)CC1. The number of hydrogen-bond donors (Lipinski definition) is 4. The standard InChI is InChI=1S/C23H31N3O2.C12H16N2O2/c1-5-28-22-13-11-20(17-26(3)4)15-21(22)25-23(27)14-12-19-10-8-6-7-9-18(2)24-16-19;13-11(15)14-8-6-12(16,7-9-14)10-4-2-1-3-5-10/h6-9,11,13,15-16,24H,2,5,10,12,14,17H2,1,3-4H3,(H,25,27);1-5,16H,6-9H2,(H2,13,15)/b8-6-,9-7-,19-16+;. The summed E-state index contributed by atoms with van der Waals surface area (Å²) in [5, 5.41) is 16.6. The fourth-order valence-corrected chi connectivity index (χ4v) is 4.99. The van der Waals surface area contributed by atoms with E-state index in [-0.39, 0.29) is 5.91 Å². The lowest BCUT2D eigenvalue weighted by atomic mass is 9.84. The first-order chi connectivity index (χ1) is 21.1. The number of urea groups is 1. The molecule has 2 aliphatic heterocycles. The number of nitrogens with one attached hydrogen (secondary N) is 2. The van der Waals surface area contributed by atoms with E-state index in [1.165, 1.54) is 0 Å². The van der Waals surface area contributed by atoms with E-state index in [0.29, 0.717) is 51.1 Å².